The minimum atomic E-state index is -0.503. The zero-order chi connectivity index (χ0) is 24.2. The van der Waals surface area contributed by atoms with Gasteiger partial charge in [-0.2, -0.15) is 0 Å². The molecule has 2 aromatic rings. The van der Waals surface area contributed by atoms with Crippen molar-refractivity contribution in [2.24, 2.45) is 5.92 Å². The number of carbonyl (C=O) groups is 1. The number of halogens is 2. The summed E-state index contributed by atoms with van der Waals surface area (Å²) in [5.74, 6) is 1.56. The van der Waals surface area contributed by atoms with Gasteiger partial charge in [-0.1, -0.05) is 41.3 Å². The third kappa shape index (κ3) is 4.45. The van der Waals surface area contributed by atoms with Crippen LogP contribution in [0.2, 0.25) is 10.0 Å². The summed E-state index contributed by atoms with van der Waals surface area (Å²) in [6, 6.07) is 5.72. The van der Waals surface area contributed by atoms with Gasteiger partial charge >= 0.3 is 6.09 Å². The number of ether oxygens (including phenoxy) is 2. The molecule has 0 radical (unpaired) electrons. The highest BCUT2D eigenvalue weighted by atomic mass is 35.5. The Labute approximate surface area is 210 Å². The second kappa shape index (κ2) is 9.03. The molecule has 1 aromatic carbocycles. The standard InChI is InChI=1S/C26H32Cl2N2O4/c1-5-20-16-11-15(30(20)25(31)33-26(2,3)4)12-21(16)32-13-17-23(29-34-24(17)14-9-10-14)22-18(27)7-6-8-19(22)28/h6-8,14-16,20-21H,5,9-13H2,1-4H3. The number of hydrogen-bond acceptors (Lipinski definition) is 5. The van der Waals surface area contributed by atoms with Crippen molar-refractivity contribution in [3.8, 4) is 11.3 Å². The number of aromatic nitrogens is 1. The van der Waals surface area contributed by atoms with Crippen LogP contribution in [0.15, 0.2) is 22.7 Å². The molecule has 2 saturated carbocycles. The molecule has 2 heterocycles. The van der Waals surface area contributed by atoms with Gasteiger partial charge in [0.2, 0.25) is 0 Å². The van der Waals surface area contributed by atoms with Gasteiger partial charge in [0.15, 0.2) is 0 Å². The molecule has 4 atom stereocenters. The van der Waals surface area contributed by atoms with Crippen molar-refractivity contribution in [2.75, 3.05) is 0 Å². The van der Waals surface area contributed by atoms with Gasteiger partial charge in [0.1, 0.15) is 17.1 Å². The monoisotopic (exact) mass is 506 g/mol. The molecule has 2 aliphatic carbocycles. The Morgan fingerprint density at radius 1 is 1.21 bits per heavy atom. The lowest BCUT2D eigenvalue weighted by Gasteiger charge is -2.39. The summed E-state index contributed by atoms with van der Waals surface area (Å²) in [4.78, 5) is 14.8. The summed E-state index contributed by atoms with van der Waals surface area (Å²) < 4.78 is 18.0. The molecule has 2 bridgehead atoms. The molecule has 3 aliphatic rings. The number of nitrogens with zero attached hydrogens (tertiary/aromatic N) is 2. The first-order valence-corrected chi connectivity index (χ1v) is 13.0. The molecule has 1 aliphatic heterocycles. The van der Waals surface area contributed by atoms with E-state index in [1.165, 1.54) is 0 Å². The Bertz CT molecular complexity index is 1050. The molecule has 184 valence electrons. The van der Waals surface area contributed by atoms with Gasteiger partial charge in [-0.25, -0.2) is 4.79 Å². The van der Waals surface area contributed by atoms with Gasteiger partial charge in [-0.3, -0.25) is 0 Å². The summed E-state index contributed by atoms with van der Waals surface area (Å²) in [6.07, 6.45) is 4.68. The molecular weight excluding hydrogens is 475 g/mol. The average molecular weight is 507 g/mol. The van der Waals surface area contributed by atoms with Gasteiger partial charge in [0, 0.05) is 35.0 Å². The maximum atomic E-state index is 12.9. The van der Waals surface area contributed by atoms with E-state index in [2.05, 4.69) is 12.1 Å². The number of benzene rings is 1. The molecule has 4 unspecified atom stereocenters. The van der Waals surface area contributed by atoms with Crippen molar-refractivity contribution in [2.45, 2.75) is 96.1 Å². The molecule has 3 fully saturated rings. The fourth-order valence-electron chi connectivity index (χ4n) is 5.64. The fraction of sp³-hybridized carbons (Fsp3) is 0.615. The van der Waals surface area contributed by atoms with E-state index in [-0.39, 0.29) is 24.3 Å². The lowest BCUT2D eigenvalue weighted by atomic mass is 9.94. The normalized spacial score (nSPS) is 26.4. The number of fused-ring (bicyclic) bond motifs is 2. The quantitative estimate of drug-likeness (QED) is 0.413. The van der Waals surface area contributed by atoms with Gasteiger partial charge in [-0.05, 0) is 65.0 Å². The van der Waals surface area contributed by atoms with Crippen LogP contribution in [-0.2, 0) is 16.1 Å². The van der Waals surface area contributed by atoms with E-state index in [9.17, 15) is 4.79 Å². The third-order valence-electron chi connectivity index (χ3n) is 7.20. The number of rotatable bonds is 6. The number of hydrogen-bond donors (Lipinski definition) is 0. The number of carbonyl (C=O) groups excluding carboxylic acids is 1. The summed E-state index contributed by atoms with van der Waals surface area (Å²) in [7, 11) is 0. The van der Waals surface area contributed by atoms with E-state index < -0.39 is 5.60 Å². The van der Waals surface area contributed by atoms with E-state index in [1.807, 2.05) is 43.9 Å². The Kier molecular flexibility index (Phi) is 6.36. The fourth-order valence-corrected chi connectivity index (χ4v) is 6.22. The first-order valence-electron chi connectivity index (χ1n) is 12.2. The molecule has 1 amide bonds. The maximum Gasteiger partial charge on any atom is 0.410 e. The highest BCUT2D eigenvalue weighted by Gasteiger charge is 2.54. The Morgan fingerprint density at radius 2 is 1.91 bits per heavy atom. The predicted octanol–water partition coefficient (Wildman–Crippen LogP) is 7.22. The minimum Gasteiger partial charge on any atom is -0.444 e. The average Bonchev–Trinajstić information content (AvgIpc) is 3.24. The van der Waals surface area contributed by atoms with Gasteiger partial charge in [0.05, 0.1) is 22.8 Å². The van der Waals surface area contributed by atoms with Gasteiger partial charge in [-0.15, -0.1) is 0 Å². The maximum absolute atomic E-state index is 12.9. The predicted molar refractivity (Wildman–Crippen MR) is 131 cm³/mol. The summed E-state index contributed by atoms with van der Waals surface area (Å²) in [5, 5.41) is 5.46. The van der Waals surface area contributed by atoms with E-state index >= 15 is 0 Å². The largest absolute Gasteiger partial charge is 0.444 e. The Hall–Kier alpha value is -1.76. The van der Waals surface area contributed by atoms with Crippen LogP contribution in [0.5, 0.6) is 0 Å². The highest BCUT2D eigenvalue weighted by Crippen LogP contribution is 2.48. The van der Waals surface area contributed by atoms with Crippen LogP contribution in [-0.4, -0.2) is 39.9 Å². The Balaban J connectivity index is 1.34. The topological polar surface area (TPSA) is 64.8 Å². The van der Waals surface area contributed by atoms with Crippen LogP contribution in [0.4, 0.5) is 4.79 Å². The molecule has 6 nitrogen and oxygen atoms in total. The second-order valence-corrected chi connectivity index (χ2v) is 11.6. The van der Waals surface area contributed by atoms with Crippen LogP contribution in [0, 0.1) is 5.92 Å². The molecule has 5 rings (SSSR count). The molecule has 1 aromatic heterocycles. The molecule has 0 N–H and O–H groups in total. The van der Waals surface area contributed by atoms with Crippen LogP contribution in [0.3, 0.4) is 0 Å². The van der Waals surface area contributed by atoms with Crippen molar-refractivity contribution >= 4 is 29.3 Å². The van der Waals surface area contributed by atoms with Crippen molar-refractivity contribution in [3.05, 3.63) is 39.6 Å². The van der Waals surface area contributed by atoms with Crippen LogP contribution >= 0.6 is 23.2 Å². The molecule has 1 saturated heterocycles. The van der Waals surface area contributed by atoms with E-state index in [4.69, 9.17) is 37.2 Å². The second-order valence-electron chi connectivity index (χ2n) is 10.7. The summed E-state index contributed by atoms with van der Waals surface area (Å²) >= 11 is 13.0. The van der Waals surface area contributed by atoms with E-state index in [0.29, 0.717) is 39.7 Å². The molecule has 0 spiro atoms. The van der Waals surface area contributed by atoms with Gasteiger partial charge in [0.25, 0.3) is 0 Å². The van der Waals surface area contributed by atoms with E-state index in [0.717, 1.165) is 43.4 Å². The molecule has 8 heteroatoms. The zero-order valence-corrected chi connectivity index (χ0v) is 21.7. The van der Waals surface area contributed by atoms with Crippen LogP contribution < -0.4 is 0 Å². The Morgan fingerprint density at radius 3 is 2.53 bits per heavy atom. The number of likely N-dealkylation sites (tertiary alicyclic amines) is 1. The minimum absolute atomic E-state index is 0.0742. The number of piperidine rings is 1. The number of amides is 1. The SMILES string of the molecule is CCC1C2CC(CC2OCc2c(-c3c(Cl)cccc3Cl)noc2C2CC2)N1C(=O)OC(C)(C)C. The highest BCUT2D eigenvalue weighted by molar-refractivity contribution is 6.39. The lowest BCUT2D eigenvalue weighted by Crippen LogP contribution is -2.50. The molecule has 34 heavy (non-hydrogen) atoms. The third-order valence-corrected chi connectivity index (χ3v) is 7.83. The smallest absolute Gasteiger partial charge is 0.410 e. The van der Waals surface area contributed by atoms with Crippen LogP contribution in [0.25, 0.3) is 11.3 Å². The van der Waals surface area contributed by atoms with Gasteiger partial charge < -0.3 is 18.9 Å². The zero-order valence-electron chi connectivity index (χ0n) is 20.1. The van der Waals surface area contributed by atoms with Crippen molar-refractivity contribution < 1.29 is 18.8 Å². The summed E-state index contributed by atoms with van der Waals surface area (Å²) in [5.41, 5.74) is 1.80. The van der Waals surface area contributed by atoms with Crippen LogP contribution in [0.1, 0.15) is 77.0 Å². The first kappa shape index (κ1) is 24.0. The van der Waals surface area contributed by atoms with Crippen molar-refractivity contribution in [1.82, 2.24) is 10.1 Å². The first-order chi connectivity index (χ1) is 16.2. The lowest BCUT2D eigenvalue weighted by molar-refractivity contribution is -0.0428. The van der Waals surface area contributed by atoms with E-state index in [1.54, 1.807) is 0 Å². The molecular formula is C26H32Cl2N2O4. The summed E-state index contributed by atoms with van der Waals surface area (Å²) in [6.45, 7) is 8.24. The van der Waals surface area contributed by atoms with Crippen molar-refractivity contribution in [3.63, 3.8) is 0 Å². The van der Waals surface area contributed by atoms with Crippen molar-refractivity contribution in [1.29, 1.82) is 0 Å².